The van der Waals surface area contributed by atoms with Crippen LogP contribution in [0.2, 0.25) is 0 Å². The highest BCUT2D eigenvalue weighted by atomic mass is 35.5. The lowest BCUT2D eigenvalue weighted by molar-refractivity contribution is 0.102. The molecule has 0 atom stereocenters. The zero-order valence-corrected chi connectivity index (χ0v) is 16.2. The minimum Gasteiger partial charge on any atom is -0.330 e. The minimum atomic E-state index is -0.280. The summed E-state index contributed by atoms with van der Waals surface area (Å²) in [6.45, 7) is 4.60. The van der Waals surface area contributed by atoms with E-state index in [0.29, 0.717) is 23.8 Å². The minimum absolute atomic E-state index is 0. The van der Waals surface area contributed by atoms with Gasteiger partial charge in [-0.3, -0.25) is 10.1 Å². The number of benzene rings is 1. The van der Waals surface area contributed by atoms with E-state index in [1.54, 1.807) is 5.38 Å². The average molecular weight is 396 g/mol. The van der Waals surface area contributed by atoms with Gasteiger partial charge in [-0.2, -0.15) is 0 Å². The molecule has 0 aliphatic rings. The van der Waals surface area contributed by atoms with Gasteiger partial charge >= 0.3 is 0 Å². The summed E-state index contributed by atoms with van der Waals surface area (Å²) in [5.74, 6) is -0.280. The van der Waals surface area contributed by atoms with E-state index in [1.165, 1.54) is 33.8 Å². The molecule has 0 unspecified atom stereocenters. The monoisotopic (exact) mass is 395 g/mol. The molecular formula is C16H18ClN5OS2. The fourth-order valence-corrected chi connectivity index (χ4v) is 3.82. The van der Waals surface area contributed by atoms with E-state index in [0.717, 1.165) is 15.6 Å². The Morgan fingerprint density at radius 2 is 1.92 bits per heavy atom. The summed E-state index contributed by atoms with van der Waals surface area (Å²) in [6.07, 6.45) is 0.674. The molecule has 0 spiro atoms. The first kappa shape index (κ1) is 19.5. The van der Waals surface area contributed by atoms with Gasteiger partial charge in [-0.25, -0.2) is 4.98 Å². The Bertz CT molecular complexity index is 857. The second-order valence-electron chi connectivity index (χ2n) is 5.41. The van der Waals surface area contributed by atoms with Gasteiger partial charge in [0, 0.05) is 17.4 Å². The Hall–Kier alpha value is -1.87. The van der Waals surface area contributed by atoms with Gasteiger partial charge in [0.15, 0.2) is 0 Å². The molecule has 1 amide bonds. The van der Waals surface area contributed by atoms with E-state index in [2.05, 4.69) is 38.7 Å². The highest BCUT2D eigenvalue weighted by Crippen LogP contribution is 2.28. The molecule has 1 aromatic carbocycles. The fraction of sp³-hybridized carbons (Fsp3) is 0.250. The number of nitrogens with two attached hydrogens (primary N) is 1. The molecule has 2 heterocycles. The summed E-state index contributed by atoms with van der Waals surface area (Å²) >= 11 is 2.78. The summed E-state index contributed by atoms with van der Waals surface area (Å²) in [6, 6.07) is 6.21. The van der Waals surface area contributed by atoms with Gasteiger partial charge in [0.05, 0.1) is 5.01 Å². The Morgan fingerprint density at radius 1 is 1.20 bits per heavy atom. The molecule has 0 saturated heterocycles. The zero-order chi connectivity index (χ0) is 17.1. The largest absolute Gasteiger partial charge is 0.330 e. The number of carbonyl (C=O) groups excluding carboxylic acids is 1. The fourth-order valence-electron chi connectivity index (χ4n) is 2.30. The third-order valence-corrected chi connectivity index (χ3v) is 5.05. The first-order valence-corrected chi connectivity index (χ1v) is 9.13. The first-order valence-electron chi connectivity index (χ1n) is 7.43. The molecule has 0 aliphatic carbocycles. The highest BCUT2D eigenvalue weighted by Gasteiger charge is 2.14. The topological polar surface area (TPSA) is 93.8 Å². The van der Waals surface area contributed by atoms with Crippen LogP contribution in [0.25, 0.3) is 10.6 Å². The zero-order valence-electron chi connectivity index (χ0n) is 13.8. The molecule has 3 aromatic rings. The van der Waals surface area contributed by atoms with E-state index in [4.69, 9.17) is 5.73 Å². The number of rotatable bonds is 5. The summed E-state index contributed by atoms with van der Waals surface area (Å²) in [4.78, 5) is 16.5. The number of anilines is 1. The van der Waals surface area contributed by atoms with Gasteiger partial charge < -0.3 is 5.73 Å². The molecular weight excluding hydrogens is 378 g/mol. The summed E-state index contributed by atoms with van der Waals surface area (Å²) in [5.41, 5.74) is 9.22. The number of thiazole rings is 1. The van der Waals surface area contributed by atoms with Crippen molar-refractivity contribution in [3.63, 3.8) is 0 Å². The molecule has 0 fully saturated rings. The Morgan fingerprint density at radius 3 is 2.60 bits per heavy atom. The summed E-state index contributed by atoms with van der Waals surface area (Å²) in [5, 5.41) is 14.8. The predicted molar refractivity (Wildman–Crippen MR) is 105 cm³/mol. The van der Waals surface area contributed by atoms with Gasteiger partial charge in [0.1, 0.15) is 10.7 Å². The molecule has 132 valence electrons. The maximum Gasteiger partial charge on any atom is 0.276 e. The molecule has 6 nitrogen and oxygen atoms in total. The SMILES string of the molecule is Cc1cc(C)cc(-c2nnc(NC(=O)c3csc(CCN)n3)s2)c1.Cl. The van der Waals surface area contributed by atoms with Crippen molar-refractivity contribution in [1.82, 2.24) is 15.2 Å². The van der Waals surface area contributed by atoms with Crippen LogP contribution in [0.5, 0.6) is 0 Å². The van der Waals surface area contributed by atoms with Crippen LogP contribution in [0.3, 0.4) is 0 Å². The van der Waals surface area contributed by atoms with E-state index in [9.17, 15) is 4.79 Å². The maximum absolute atomic E-state index is 12.2. The third kappa shape index (κ3) is 4.82. The van der Waals surface area contributed by atoms with Crippen LogP contribution in [0.15, 0.2) is 23.6 Å². The number of amides is 1. The smallest absolute Gasteiger partial charge is 0.276 e. The number of nitrogens with zero attached hydrogens (tertiary/aromatic N) is 3. The number of hydrogen-bond acceptors (Lipinski definition) is 7. The lowest BCUT2D eigenvalue weighted by atomic mass is 10.1. The van der Waals surface area contributed by atoms with Crippen LogP contribution in [-0.4, -0.2) is 27.6 Å². The standard InChI is InChI=1S/C16H17N5OS2.ClH/c1-9-5-10(2)7-11(6-9)15-20-21-16(24-15)19-14(22)12-8-23-13(18-12)3-4-17;/h5-8H,3-4,17H2,1-2H3,(H,19,21,22);1H. The van der Waals surface area contributed by atoms with Crippen LogP contribution in [0, 0.1) is 13.8 Å². The first-order chi connectivity index (χ1) is 11.5. The summed E-state index contributed by atoms with van der Waals surface area (Å²) in [7, 11) is 0. The normalized spacial score (nSPS) is 10.4. The second-order valence-corrected chi connectivity index (χ2v) is 7.33. The molecule has 0 saturated carbocycles. The van der Waals surface area contributed by atoms with E-state index in [-0.39, 0.29) is 18.3 Å². The number of aromatic nitrogens is 3. The molecule has 2 aromatic heterocycles. The molecule has 0 bridgehead atoms. The van der Waals surface area contributed by atoms with Crippen molar-refractivity contribution in [2.45, 2.75) is 20.3 Å². The van der Waals surface area contributed by atoms with Gasteiger partial charge in [-0.1, -0.05) is 28.5 Å². The lowest BCUT2D eigenvalue weighted by Gasteiger charge is -2.00. The van der Waals surface area contributed by atoms with Crippen LogP contribution in [-0.2, 0) is 6.42 Å². The summed E-state index contributed by atoms with van der Waals surface area (Å²) < 4.78 is 0. The van der Waals surface area contributed by atoms with Crippen molar-refractivity contribution in [3.05, 3.63) is 45.4 Å². The number of carbonyl (C=O) groups is 1. The van der Waals surface area contributed by atoms with Gasteiger partial charge in [-0.05, 0) is 32.5 Å². The third-order valence-electron chi connectivity index (χ3n) is 3.26. The average Bonchev–Trinajstić information content (AvgIpc) is 3.16. The van der Waals surface area contributed by atoms with Crippen molar-refractivity contribution in [2.24, 2.45) is 5.73 Å². The number of halogens is 1. The predicted octanol–water partition coefficient (Wildman–Crippen LogP) is 3.45. The van der Waals surface area contributed by atoms with Crippen LogP contribution in [0.1, 0.15) is 26.6 Å². The van der Waals surface area contributed by atoms with Crippen molar-refractivity contribution in [1.29, 1.82) is 0 Å². The lowest BCUT2D eigenvalue weighted by Crippen LogP contribution is -2.12. The van der Waals surface area contributed by atoms with Crippen molar-refractivity contribution in [2.75, 3.05) is 11.9 Å². The number of aryl methyl sites for hydroxylation is 2. The number of nitrogens with one attached hydrogen (secondary N) is 1. The molecule has 25 heavy (non-hydrogen) atoms. The Balaban J connectivity index is 0.00000225. The Kier molecular flexibility index (Phi) is 6.60. The molecule has 9 heteroatoms. The van der Waals surface area contributed by atoms with Crippen LogP contribution >= 0.6 is 35.1 Å². The van der Waals surface area contributed by atoms with Gasteiger partial charge in [0.25, 0.3) is 5.91 Å². The molecule has 0 radical (unpaired) electrons. The van der Waals surface area contributed by atoms with Crippen LogP contribution < -0.4 is 11.1 Å². The van der Waals surface area contributed by atoms with E-state index < -0.39 is 0 Å². The van der Waals surface area contributed by atoms with Crippen molar-refractivity contribution < 1.29 is 4.79 Å². The van der Waals surface area contributed by atoms with Gasteiger partial charge in [-0.15, -0.1) is 33.9 Å². The number of hydrogen-bond donors (Lipinski definition) is 2. The van der Waals surface area contributed by atoms with Crippen LogP contribution in [0.4, 0.5) is 5.13 Å². The van der Waals surface area contributed by atoms with E-state index in [1.807, 2.05) is 13.8 Å². The second kappa shape index (κ2) is 8.48. The van der Waals surface area contributed by atoms with Crippen molar-refractivity contribution >= 4 is 46.1 Å². The molecule has 0 aliphatic heterocycles. The molecule has 3 N–H and O–H groups in total. The maximum atomic E-state index is 12.2. The quantitative estimate of drug-likeness (QED) is 0.689. The Labute approximate surface area is 159 Å². The molecule has 3 rings (SSSR count). The van der Waals surface area contributed by atoms with Gasteiger partial charge in [0.2, 0.25) is 5.13 Å². The van der Waals surface area contributed by atoms with Crippen molar-refractivity contribution in [3.8, 4) is 10.6 Å². The highest BCUT2D eigenvalue weighted by molar-refractivity contribution is 7.18. The van der Waals surface area contributed by atoms with E-state index >= 15 is 0 Å².